The van der Waals surface area contributed by atoms with Gasteiger partial charge in [-0.05, 0) is 0 Å². The number of phosphoric acid groups is 1. The fourth-order valence-corrected chi connectivity index (χ4v) is 0. The molecule has 0 aliphatic carbocycles. The van der Waals surface area contributed by atoms with Gasteiger partial charge >= 0.3 is 7.82 Å². The summed E-state index contributed by atoms with van der Waals surface area (Å²) in [4.78, 5) is 14.9. The van der Waals surface area contributed by atoms with E-state index in [9.17, 15) is 4.57 Å². The Bertz CT molecular complexity index is 72.1. The number of rotatable bonds is 1. The third-order valence-electron chi connectivity index (χ3n) is 0.106. The summed E-state index contributed by atoms with van der Waals surface area (Å²) < 4.78 is 11.8. The number of hydrogen-bond donors (Lipinski definition) is 3. The minimum atomic E-state index is -4.59. The fraction of sp³-hybridized carbons (Fsp3) is 0. The molecule has 5 nitrogen and oxygen atoms in total. The van der Waals surface area contributed by atoms with Gasteiger partial charge < -0.3 is 9.79 Å². The van der Waals surface area contributed by atoms with Crippen molar-refractivity contribution in [3.8, 4) is 0 Å². The van der Waals surface area contributed by atoms with E-state index in [1.165, 1.54) is 0 Å². The van der Waals surface area contributed by atoms with Crippen molar-refractivity contribution in [2.45, 2.75) is 0 Å². The van der Waals surface area contributed by atoms with Gasteiger partial charge in [0.1, 0.15) is 0 Å². The van der Waals surface area contributed by atoms with Gasteiger partial charge in [-0.2, -0.15) is 0 Å². The molecular formula is H3CaO5P. The molecule has 0 saturated carbocycles. The van der Waals surface area contributed by atoms with E-state index in [-0.39, 0.29) is 37.7 Å². The zero-order chi connectivity index (χ0) is 5.21. The summed E-state index contributed by atoms with van der Waals surface area (Å²) in [7, 11) is -4.59. The quantitative estimate of drug-likeness (QED) is 0.199. The van der Waals surface area contributed by atoms with Crippen LogP contribution in [0, 0.1) is 0 Å². The van der Waals surface area contributed by atoms with E-state index in [0.717, 1.165) is 0 Å². The van der Waals surface area contributed by atoms with E-state index in [2.05, 4.69) is 4.67 Å². The first-order valence-electron chi connectivity index (χ1n) is 0.948. The Morgan fingerprint density at radius 2 is 1.57 bits per heavy atom. The molecule has 0 bridgehead atoms. The summed E-state index contributed by atoms with van der Waals surface area (Å²) in [6.45, 7) is 0. The van der Waals surface area contributed by atoms with E-state index in [1.807, 2.05) is 0 Å². The Balaban J connectivity index is 0. The molecule has 0 spiro atoms. The summed E-state index contributed by atoms with van der Waals surface area (Å²) in [5.41, 5.74) is 0. The van der Waals surface area contributed by atoms with Crippen molar-refractivity contribution in [2.24, 2.45) is 0 Å². The van der Waals surface area contributed by atoms with E-state index in [0.29, 0.717) is 0 Å². The van der Waals surface area contributed by atoms with Crippen molar-refractivity contribution in [3.63, 3.8) is 0 Å². The Hall–Kier alpha value is 1.33. The van der Waals surface area contributed by atoms with Crippen LogP contribution in [0.3, 0.4) is 0 Å². The van der Waals surface area contributed by atoms with E-state index in [1.54, 1.807) is 0 Å². The topological polar surface area (TPSA) is 87.0 Å². The van der Waals surface area contributed by atoms with Gasteiger partial charge in [0.05, 0.1) is 0 Å². The smallest absolute Gasteiger partial charge is 0.301 e. The molecule has 0 aliphatic rings. The van der Waals surface area contributed by atoms with Gasteiger partial charge in [-0.25, -0.2) is 9.82 Å². The van der Waals surface area contributed by atoms with Crippen LogP contribution in [0.5, 0.6) is 0 Å². The molecule has 7 heteroatoms. The standard InChI is InChI=1S/Ca.H3O5P/c;1-5-6(2,3)4/h;1H,(H2,2,3,4). The second-order valence-electron chi connectivity index (χ2n) is 0.572. The predicted octanol–water partition coefficient (Wildman–Crippen LogP) is -0.812. The van der Waals surface area contributed by atoms with Crippen LogP contribution >= 0.6 is 7.82 Å². The van der Waals surface area contributed by atoms with Crippen molar-refractivity contribution >= 4 is 45.6 Å². The van der Waals surface area contributed by atoms with E-state index < -0.39 is 7.82 Å². The molecule has 0 unspecified atom stereocenters. The molecule has 0 aliphatic heterocycles. The molecule has 3 N–H and O–H groups in total. The van der Waals surface area contributed by atoms with Crippen LogP contribution in [0.2, 0.25) is 0 Å². The van der Waals surface area contributed by atoms with Crippen molar-refractivity contribution in [2.75, 3.05) is 0 Å². The maximum atomic E-state index is 9.22. The van der Waals surface area contributed by atoms with Crippen LogP contribution < -0.4 is 0 Å². The fourth-order valence-electron chi connectivity index (χ4n) is 0. The van der Waals surface area contributed by atoms with Crippen molar-refractivity contribution in [3.05, 3.63) is 0 Å². The Labute approximate surface area is 69.5 Å². The molecule has 0 aromatic rings. The molecule has 40 valence electrons. The molecule has 0 aromatic heterocycles. The average molecular weight is 154 g/mol. The maximum absolute atomic E-state index is 9.22. The van der Waals surface area contributed by atoms with E-state index in [4.69, 9.17) is 15.0 Å². The largest absolute Gasteiger partial charge is 0.496 e. The number of hydrogen-bond acceptors (Lipinski definition) is 3. The Morgan fingerprint density at radius 1 is 1.43 bits per heavy atom. The Morgan fingerprint density at radius 3 is 1.57 bits per heavy atom. The van der Waals surface area contributed by atoms with Crippen LogP contribution in [-0.4, -0.2) is 52.8 Å². The molecule has 0 aromatic carbocycles. The third-order valence-corrected chi connectivity index (χ3v) is 0.319. The molecule has 0 saturated heterocycles. The normalized spacial score (nSPS) is 10.1. The summed E-state index contributed by atoms with van der Waals surface area (Å²) in [5.74, 6) is 0. The van der Waals surface area contributed by atoms with Gasteiger partial charge in [0.25, 0.3) is 0 Å². The molecule has 7 heavy (non-hydrogen) atoms. The zero-order valence-corrected chi connectivity index (χ0v) is 6.42. The first kappa shape index (κ1) is 11.2. The van der Waals surface area contributed by atoms with Crippen LogP contribution in [0.15, 0.2) is 0 Å². The molecular weight excluding hydrogens is 151 g/mol. The van der Waals surface area contributed by atoms with Crippen molar-refractivity contribution in [1.82, 2.24) is 0 Å². The van der Waals surface area contributed by atoms with Crippen molar-refractivity contribution < 1.29 is 24.3 Å². The average Bonchev–Trinajstić information content (AvgIpc) is 1.35. The molecule has 2 radical (unpaired) electrons. The molecule has 0 amide bonds. The van der Waals surface area contributed by atoms with Gasteiger partial charge in [0.2, 0.25) is 0 Å². The first-order valence-corrected chi connectivity index (χ1v) is 2.48. The summed E-state index contributed by atoms with van der Waals surface area (Å²) >= 11 is 0. The van der Waals surface area contributed by atoms with Gasteiger partial charge in [-0.1, -0.05) is 0 Å². The second kappa shape index (κ2) is 4.23. The van der Waals surface area contributed by atoms with Gasteiger partial charge in [-0.15, -0.1) is 4.67 Å². The molecule has 0 heterocycles. The SMILES string of the molecule is O=P(O)(O)OO.[Ca]. The minimum Gasteiger partial charge on any atom is -0.301 e. The predicted molar refractivity (Wildman–Crippen MR) is 21.5 cm³/mol. The van der Waals surface area contributed by atoms with Crippen LogP contribution in [0.4, 0.5) is 0 Å². The van der Waals surface area contributed by atoms with Gasteiger partial charge in [-0.3, -0.25) is 0 Å². The third kappa shape index (κ3) is 11.1. The molecule has 0 rings (SSSR count). The second-order valence-corrected chi connectivity index (χ2v) is 1.72. The summed E-state index contributed by atoms with van der Waals surface area (Å²) in [6.07, 6.45) is 0. The monoisotopic (exact) mass is 154 g/mol. The van der Waals surface area contributed by atoms with Crippen LogP contribution in [-0.2, 0) is 9.24 Å². The maximum Gasteiger partial charge on any atom is 0.496 e. The van der Waals surface area contributed by atoms with Crippen LogP contribution in [0.25, 0.3) is 0 Å². The summed E-state index contributed by atoms with van der Waals surface area (Å²) in [6, 6.07) is 0. The zero-order valence-electron chi connectivity index (χ0n) is 3.31. The minimum absolute atomic E-state index is 0. The van der Waals surface area contributed by atoms with Crippen LogP contribution in [0.1, 0.15) is 0 Å². The summed E-state index contributed by atoms with van der Waals surface area (Å²) in [5, 5.41) is 7.14. The molecule has 0 atom stereocenters. The molecule has 0 fully saturated rings. The van der Waals surface area contributed by atoms with E-state index >= 15 is 0 Å². The van der Waals surface area contributed by atoms with Gasteiger partial charge in [0.15, 0.2) is 0 Å². The first-order chi connectivity index (χ1) is 2.56. The van der Waals surface area contributed by atoms with Gasteiger partial charge in [0, 0.05) is 37.7 Å². The van der Waals surface area contributed by atoms with Crippen molar-refractivity contribution in [1.29, 1.82) is 0 Å². The Kier molecular flexibility index (Phi) is 6.75.